The van der Waals surface area contributed by atoms with Crippen molar-refractivity contribution in [1.82, 2.24) is 15.1 Å². The largest absolute Gasteiger partial charge is 0.435 e. The zero-order valence-corrected chi connectivity index (χ0v) is 11.0. The molecule has 1 aromatic heterocycles. The van der Waals surface area contributed by atoms with Crippen LogP contribution < -0.4 is 5.32 Å². The molecule has 1 N–H and O–H groups in total. The molecule has 3 nitrogen and oxygen atoms in total. The molecule has 2 unspecified atom stereocenters. The first-order valence-electron chi connectivity index (χ1n) is 6.20. The first-order valence-corrected chi connectivity index (χ1v) is 6.20. The van der Waals surface area contributed by atoms with E-state index in [0.717, 1.165) is 25.5 Å². The number of rotatable bonds is 6. The van der Waals surface area contributed by atoms with Gasteiger partial charge in [-0.05, 0) is 39.3 Å². The summed E-state index contributed by atoms with van der Waals surface area (Å²) in [6, 6.07) is 1.22. The summed E-state index contributed by atoms with van der Waals surface area (Å²) in [5, 5.41) is 6.89. The Labute approximate surface area is 105 Å². The van der Waals surface area contributed by atoms with E-state index >= 15 is 0 Å². The van der Waals surface area contributed by atoms with Crippen molar-refractivity contribution < 1.29 is 13.2 Å². The van der Waals surface area contributed by atoms with Gasteiger partial charge in [0.25, 0.3) is 0 Å². The second-order valence-electron chi connectivity index (χ2n) is 4.62. The fourth-order valence-electron chi connectivity index (χ4n) is 1.83. The van der Waals surface area contributed by atoms with Crippen LogP contribution in [0.4, 0.5) is 13.2 Å². The van der Waals surface area contributed by atoms with Crippen LogP contribution in [-0.4, -0.2) is 22.4 Å². The standard InChI is InChI=1S/C12H20F3N3/c1-4-6-16-9(2)8-10(3)18-7-5-11(17-18)12(13,14)15/h5,7,9-10,16H,4,6,8H2,1-3H3. The van der Waals surface area contributed by atoms with E-state index in [1.165, 1.54) is 10.9 Å². The summed E-state index contributed by atoms with van der Waals surface area (Å²) >= 11 is 0. The van der Waals surface area contributed by atoms with Crippen LogP contribution >= 0.6 is 0 Å². The van der Waals surface area contributed by atoms with Crippen molar-refractivity contribution in [3.8, 4) is 0 Å². The Balaban J connectivity index is 2.56. The van der Waals surface area contributed by atoms with Crippen LogP contribution in [-0.2, 0) is 6.18 Å². The Hall–Kier alpha value is -1.04. The minimum Gasteiger partial charge on any atom is -0.314 e. The molecule has 0 amide bonds. The Kier molecular flexibility index (Phi) is 5.19. The molecule has 0 bridgehead atoms. The normalized spacial score (nSPS) is 15.7. The van der Waals surface area contributed by atoms with Gasteiger partial charge in [0.05, 0.1) is 6.04 Å². The lowest BCUT2D eigenvalue weighted by Gasteiger charge is -2.18. The number of nitrogens with one attached hydrogen (secondary N) is 1. The van der Waals surface area contributed by atoms with Gasteiger partial charge in [-0.15, -0.1) is 0 Å². The predicted octanol–water partition coefficient (Wildman–Crippen LogP) is 3.24. The van der Waals surface area contributed by atoms with Crippen molar-refractivity contribution in [3.63, 3.8) is 0 Å². The van der Waals surface area contributed by atoms with Crippen molar-refractivity contribution in [1.29, 1.82) is 0 Å². The minimum absolute atomic E-state index is 0.0551. The molecule has 0 aromatic carbocycles. The van der Waals surface area contributed by atoms with E-state index in [2.05, 4.69) is 17.3 Å². The van der Waals surface area contributed by atoms with Gasteiger partial charge in [0, 0.05) is 12.2 Å². The molecule has 1 heterocycles. The maximum Gasteiger partial charge on any atom is 0.435 e. The quantitative estimate of drug-likeness (QED) is 0.854. The lowest BCUT2D eigenvalue weighted by Crippen LogP contribution is -2.29. The van der Waals surface area contributed by atoms with Gasteiger partial charge in [-0.25, -0.2) is 0 Å². The van der Waals surface area contributed by atoms with Gasteiger partial charge in [0.15, 0.2) is 5.69 Å². The third-order valence-corrected chi connectivity index (χ3v) is 2.79. The third kappa shape index (κ3) is 4.33. The summed E-state index contributed by atoms with van der Waals surface area (Å²) in [6.07, 6.45) is -1.19. The highest BCUT2D eigenvalue weighted by molar-refractivity contribution is 5.03. The molecular formula is C12H20F3N3. The fourth-order valence-corrected chi connectivity index (χ4v) is 1.83. The molecule has 1 rings (SSSR count). The van der Waals surface area contributed by atoms with Gasteiger partial charge in [0.2, 0.25) is 0 Å². The third-order valence-electron chi connectivity index (χ3n) is 2.79. The van der Waals surface area contributed by atoms with E-state index in [-0.39, 0.29) is 12.1 Å². The van der Waals surface area contributed by atoms with E-state index in [1.54, 1.807) is 0 Å². The SMILES string of the molecule is CCCNC(C)CC(C)n1ccc(C(F)(F)F)n1. The van der Waals surface area contributed by atoms with Crippen molar-refractivity contribution >= 4 is 0 Å². The molecule has 6 heteroatoms. The molecule has 0 aliphatic rings. The highest BCUT2D eigenvalue weighted by Crippen LogP contribution is 2.28. The van der Waals surface area contributed by atoms with Crippen molar-refractivity contribution in [2.24, 2.45) is 0 Å². The van der Waals surface area contributed by atoms with Gasteiger partial charge in [0.1, 0.15) is 0 Å². The average molecular weight is 263 g/mol. The maximum atomic E-state index is 12.4. The van der Waals surface area contributed by atoms with Crippen LogP contribution in [0.1, 0.15) is 45.3 Å². The fraction of sp³-hybridized carbons (Fsp3) is 0.750. The van der Waals surface area contributed by atoms with E-state index in [9.17, 15) is 13.2 Å². The smallest absolute Gasteiger partial charge is 0.314 e. The average Bonchev–Trinajstić information content (AvgIpc) is 2.75. The molecule has 0 fully saturated rings. The van der Waals surface area contributed by atoms with Crippen LogP contribution in [0.5, 0.6) is 0 Å². The Morgan fingerprint density at radius 1 is 1.39 bits per heavy atom. The van der Waals surface area contributed by atoms with Crippen molar-refractivity contribution in [2.45, 2.75) is 51.9 Å². The van der Waals surface area contributed by atoms with E-state index in [4.69, 9.17) is 0 Å². The summed E-state index contributed by atoms with van der Waals surface area (Å²) < 4.78 is 38.6. The first kappa shape index (κ1) is 15.0. The molecule has 0 spiro atoms. The Morgan fingerprint density at radius 2 is 2.06 bits per heavy atom. The second kappa shape index (κ2) is 6.22. The molecular weight excluding hydrogens is 243 g/mol. The summed E-state index contributed by atoms with van der Waals surface area (Å²) in [5.74, 6) is 0. The van der Waals surface area contributed by atoms with Crippen LogP contribution in [0.3, 0.4) is 0 Å². The molecule has 1 aromatic rings. The van der Waals surface area contributed by atoms with Gasteiger partial charge >= 0.3 is 6.18 Å². The molecule has 0 aliphatic carbocycles. The molecule has 104 valence electrons. The van der Waals surface area contributed by atoms with Gasteiger partial charge in [-0.3, -0.25) is 4.68 Å². The number of aromatic nitrogens is 2. The summed E-state index contributed by atoms with van der Waals surface area (Å²) in [5.41, 5.74) is -0.830. The van der Waals surface area contributed by atoms with Crippen LogP contribution in [0.15, 0.2) is 12.3 Å². The zero-order valence-electron chi connectivity index (χ0n) is 11.0. The van der Waals surface area contributed by atoms with Crippen molar-refractivity contribution in [3.05, 3.63) is 18.0 Å². The van der Waals surface area contributed by atoms with Crippen LogP contribution in [0.2, 0.25) is 0 Å². The maximum absolute atomic E-state index is 12.4. The summed E-state index contributed by atoms with van der Waals surface area (Å²) in [6.45, 7) is 6.89. The molecule has 0 saturated heterocycles. The number of alkyl halides is 3. The number of halogens is 3. The van der Waals surface area contributed by atoms with Crippen molar-refractivity contribution in [2.75, 3.05) is 6.54 Å². The summed E-state index contributed by atoms with van der Waals surface area (Å²) in [4.78, 5) is 0. The van der Waals surface area contributed by atoms with E-state index < -0.39 is 11.9 Å². The Morgan fingerprint density at radius 3 is 2.56 bits per heavy atom. The number of nitrogens with zero attached hydrogens (tertiary/aromatic N) is 2. The lowest BCUT2D eigenvalue weighted by atomic mass is 10.1. The first-order chi connectivity index (χ1) is 8.34. The van der Waals surface area contributed by atoms with Crippen LogP contribution in [0.25, 0.3) is 0 Å². The highest BCUT2D eigenvalue weighted by atomic mass is 19.4. The second-order valence-corrected chi connectivity index (χ2v) is 4.62. The Bertz CT molecular complexity index is 360. The lowest BCUT2D eigenvalue weighted by molar-refractivity contribution is -0.141. The molecule has 2 atom stereocenters. The topological polar surface area (TPSA) is 29.9 Å². The number of hydrogen-bond acceptors (Lipinski definition) is 2. The predicted molar refractivity (Wildman–Crippen MR) is 64.3 cm³/mol. The van der Waals surface area contributed by atoms with Gasteiger partial charge in [-0.1, -0.05) is 6.92 Å². The van der Waals surface area contributed by atoms with E-state index in [1.807, 2.05) is 13.8 Å². The van der Waals surface area contributed by atoms with Crippen LogP contribution in [0, 0.1) is 0 Å². The molecule has 0 aliphatic heterocycles. The zero-order chi connectivity index (χ0) is 13.8. The summed E-state index contributed by atoms with van der Waals surface area (Å²) in [7, 11) is 0. The monoisotopic (exact) mass is 263 g/mol. The molecule has 0 radical (unpaired) electrons. The highest BCUT2D eigenvalue weighted by Gasteiger charge is 2.33. The minimum atomic E-state index is -4.36. The van der Waals surface area contributed by atoms with E-state index in [0.29, 0.717) is 0 Å². The molecule has 18 heavy (non-hydrogen) atoms. The number of hydrogen-bond donors (Lipinski definition) is 1. The van der Waals surface area contributed by atoms with Gasteiger partial charge < -0.3 is 5.32 Å². The van der Waals surface area contributed by atoms with Gasteiger partial charge in [-0.2, -0.15) is 18.3 Å². The molecule has 0 saturated carbocycles.